The van der Waals surface area contributed by atoms with E-state index in [0.717, 1.165) is 27.5 Å². The summed E-state index contributed by atoms with van der Waals surface area (Å²) in [6.07, 6.45) is 0.122. The number of hydrogen-bond acceptors (Lipinski definition) is 6. The molecule has 40 heavy (non-hydrogen) atoms. The van der Waals surface area contributed by atoms with Crippen molar-refractivity contribution in [3.63, 3.8) is 0 Å². The maximum atomic E-state index is 12.9. The Bertz CT molecular complexity index is 1800. The van der Waals surface area contributed by atoms with Crippen LogP contribution in [-0.4, -0.2) is 5.97 Å². The molecular weight excluding hydrogens is 500 g/mol. The molecule has 1 heterocycles. The van der Waals surface area contributed by atoms with Crippen molar-refractivity contribution in [2.45, 2.75) is 12.3 Å². The molecule has 0 aliphatic carbocycles. The Morgan fingerprint density at radius 3 is 2.42 bits per heavy atom. The highest BCUT2D eigenvalue weighted by molar-refractivity contribution is 5.89. The molecule has 6 heteroatoms. The zero-order valence-electron chi connectivity index (χ0n) is 21.4. The van der Waals surface area contributed by atoms with Crippen LogP contribution in [0, 0.1) is 11.3 Å². The highest BCUT2D eigenvalue weighted by Gasteiger charge is 2.31. The molecule has 1 aliphatic heterocycles. The van der Waals surface area contributed by atoms with E-state index in [9.17, 15) is 10.1 Å². The highest BCUT2D eigenvalue weighted by atomic mass is 16.5. The number of fused-ring (bicyclic) bond motifs is 2. The van der Waals surface area contributed by atoms with Gasteiger partial charge in [-0.15, -0.1) is 0 Å². The lowest BCUT2D eigenvalue weighted by atomic mass is 9.83. The summed E-state index contributed by atoms with van der Waals surface area (Å²) in [5.41, 5.74) is 8.93. The molecule has 194 valence electrons. The average molecular weight is 525 g/mol. The summed E-state index contributed by atoms with van der Waals surface area (Å²) in [6.45, 7) is 0. The van der Waals surface area contributed by atoms with Gasteiger partial charge in [0.1, 0.15) is 34.6 Å². The van der Waals surface area contributed by atoms with Crippen LogP contribution >= 0.6 is 0 Å². The van der Waals surface area contributed by atoms with Gasteiger partial charge in [0, 0.05) is 11.6 Å². The van der Waals surface area contributed by atoms with E-state index in [2.05, 4.69) is 6.07 Å². The van der Waals surface area contributed by atoms with Crippen LogP contribution in [0.1, 0.15) is 22.6 Å². The zero-order chi connectivity index (χ0) is 27.5. The first-order valence-corrected chi connectivity index (χ1v) is 12.8. The fraction of sp³-hybridized carbons (Fsp3) is 0.0588. The molecule has 5 aromatic carbocycles. The molecule has 0 spiro atoms. The van der Waals surface area contributed by atoms with Crippen LogP contribution in [0.5, 0.6) is 23.0 Å². The van der Waals surface area contributed by atoms with Crippen molar-refractivity contribution < 1.29 is 19.0 Å². The third kappa shape index (κ3) is 4.96. The molecule has 6 nitrogen and oxygen atoms in total. The molecule has 1 unspecified atom stereocenters. The van der Waals surface area contributed by atoms with Gasteiger partial charge in [0.25, 0.3) is 0 Å². The minimum atomic E-state index is -0.478. The van der Waals surface area contributed by atoms with Crippen LogP contribution in [0.4, 0.5) is 0 Å². The number of ether oxygens (including phenoxy) is 3. The summed E-state index contributed by atoms with van der Waals surface area (Å²) < 4.78 is 17.5. The monoisotopic (exact) mass is 524 g/mol. The quantitative estimate of drug-likeness (QED) is 0.190. The van der Waals surface area contributed by atoms with Crippen LogP contribution in [0.25, 0.3) is 10.8 Å². The summed E-state index contributed by atoms with van der Waals surface area (Å²) >= 11 is 0. The van der Waals surface area contributed by atoms with Crippen molar-refractivity contribution in [3.05, 3.63) is 143 Å². The van der Waals surface area contributed by atoms with Gasteiger partial charge in [0.05, 0.1) is 12.3 Å². The van der Waals surface area contributed by atoms with Gasteiger partial charge in [-0.05, 0) is 52.2 Å². The number of allylic oxidation sites excluding steroid dienone is 1. The molecule has 0 bridgehead atoms. The molecule has 0 saturated carbocycles. The van der Waals surface area contributed by atoms with E-state index in [-0.39, 0.29) is 12.3 Å². The molecular formula is C34H24N2O4. The summed E-state index contributed by atoms with van der Waals surface area (Å²) in [7, 11) is 0. The fourth-order valence-electron chi connectivity index (χ4n) is 4.99. The van der Waals surface area contributed by atoms with Crippen molar-refractivity contribution in [2.75, 3.05) is 0 Å². The number of benzene rings is 5. The van der Waals surface area contributed by atoms with Crippen molar-refractivity contribution in [3.8, 4) is 29.1 Å². The molecule has 0 radical (unpaired) electrons. The molecule has 0 saturated heterocycles. The molecule has 0 amide bonds. The maximum absolute atomic E-state index is 12.9. The summed E-state index contributed by atoms with van der Waals surface area (Å²) in [5, 5.41) is 12.0. The lowest BCUT2D eigenvalue weighted by Crippen LogP contribution is -2.21. The smallest absolute Gasteiger partial charge is 0.315 e. The van der Waals surface area contributed by atoms with Gasteiger partial charge < -0.3 is 19.9 Å². The van der Waals surface area contributed by atoms with Crippen molar-refractivity contribution in [1.82, 2.24) is 0 Å². The van der Waals surface area contributed by atoms with Crippen LogP contribution in [0.15, 0.2) is 127 Å². The fourth-order valence-corrected chi connectivity index (χ4v) is 4.99. The Labute approximate surface area is 231 Å². The van der Waals surface area contributed by atoms with E-state index in [4.69, 9.17) is 19.9 Å². The van der Waals surface area contributed by atoms with Crippen molar-refractivity contribution >= 4 is 16.7 Å². The van der Waals surface area contributed by atoms with Crippen LogP contribution in [0.3, 0.4) is 0 Å². The van der Waals surface area contributed by atoms with E-state index in [0.29, 0.717) is 28.6 Å². The van der Waals surface area contributed by atoms with E-state index >= 15 is 0 Å². The van der Waals surface area contributed by atoms with E-state index in [1.807, 2.05) is 97.1 Å². The summed E-state index contributed by atoms with van der Waals surface area (Å²) in [4.78, 5) is 12.9. The number of hydrogen-bond donors (Lipinski definition) is 1. The van der Waals surface area contributed by atoms with E-state index < -0.39 is 11.9 Å². The third-order valence-electron chi connectivity index (χ3n) is 6.81. The third-order valence-corrected chi connectivity index (χ3v) is 6.81. The Morgan fingerprint density at radius 1 is 0.825 bits per heavy atom. The van der Waals surface area contributed by atoms with Gasteiger partial charge in [-0.2, -0.15) is 5.26 Å². The SMILES string of the molecule is N#CC1=C(N)Oc2cc(OC(=O)Cc3cccc4ccccc34)ccc2C1c1cccc(Oc2ccccc2)c1. The first-order chi connectivity index (χ1) is 19.6. The minimum Gasteiger partial charge on any atom is -0.457 e. The first kappa shape index (κ1) is 24.8. The summed E-state index contributed by atoms with van der Waals surface area (Å²) in [5.74, 6) is 1.23. The highest BCUT2D eigenvalue weighted by Crippen LogP contribution is 2.44. The number of rotatable bonds is 6. The molecule has 2 N–H and O–H groups in total. The molecule has 5 aromatic rings. The number of para-hydroxylation sites is 1. The number of nitriles is 1. The second-order valence-corrected chi connectivity index (χ2v) is 9.40. The standard InChI is InChI=1S/C34H24N2O4/c35-21-30-33(24-11-7-14-26(18-24)38-25-12-2-1-3-13-25)29-17-16-27(20-31(29)40-34(30)36)39-32(37)19-23-10-6-9-22-8-4-5-15-28(22)23/h1-18,20,33H,19,36H2. The van der Waals surface area contributed by atoms with Crippen molar-refractivity contribution in [1.29, 1.82) is 5.26 Å². The predicted molar refractivity (Wildman–Crippen MR) is 152 cm³/mol. The van der Waals surface area contributed by atoms with Gasteiger partial charge in [0.2, 0.25) is 5.88 Å². The van der Waals surface area contributed by atoms with Crippen LogP contribution < -0.4 is 19.9 Å². The Hall–Kier alpha value is -5.54. The van der Waals surface area contributed by atoms with Gasteiger partial charge in [0.15, 0.2) is 0 Å². The van der Waals surface area contributed by atoms with Gasteiger partial charge in [-0.25, -0.2) is 0 Å². The van der Waals surface area contributed by atoms with E-state index in [1.165, 1.54) is 0 Å². The molecule has 0 fully saturated rings. The van der Waals surface area contributed by atoms with E-state index in [1.54, 1.807) is 18.2 Å². The lowest BCUT2D eigenvalue weighted by Gasteiger charge is -2.27. The molecule has 1 aliphatic rings. The lowest BCUT2D eigenvalue weighted by molar-refractivity contribution is -0.133. The normalized spacial score (nSPS) is 14.1. The second kappa shape index (κ2) is 10.7. The minimum absolute atomic E-state index is 0.00797. The number of carbonyl (C=O) groups excluding carboxylic acids is 1. The number of esters is 1. The number of nitrogens with zero attached hydrogens (tertiary/aromatic N) is 1. The first-order valence-electron chi connectivity index (χ1n) is 12.8. The second-order valence-electron chi connectivity index (χ2n) is 9.40. The Kier molecular flexibility index (Phi) is 6.61. The largest absolute Gasteiger partial charge is 0.457 e. The predicted octanol–water partition coefficient (Wildman–Crippen LogP) is 7.00. The van der Waals surface area contributed by atoms with Crippen LogP contribution in [0.2, 0.25) is 0 Å². The molecule has 1 atom stereocenters. The maximum Gasteiger partial charge on any atom is 0.315 e. The van der Waals surface area contributed by atoms with Gasteiger partial charge in [-0.1, -0.05) is 78.9 Å². The number of carbonyl (C=O) groups is 1. The van der Waals surface area contributed by atoms with Gasteiger partial charge in [-0.3, -0.25) is 4.79 Å². The molecule has 0 aromatic heterocycles. The Balaban J connectivity index is 1.27. The van der Waals surface area contributed by atoms with Crippen molar-refractivity contribution in [2.24, 2.45) is 5.73 Å². The summed E-state index contributed by atoms with van der Waals surface area (Å²) in [6, 6.07) is 38.1. The number of nitrogens with two attached hydrogens (primary N) is 1. The topological polar surface area (TPSA) is 94.6 Å². The molecule has 6 rings (SSSR count). The Morgan fingerprint density at radius 2 is 1.57 bits per heavy atom. The average Bonchev–Trinajstić information content (AvgIpc) is 2.97. The van der Waals surface area contributed by atoms with Crippen LogP contribution in [-0.2, 0) is 11.2 Å². The van der Waals surface area contributed by atoms with Gasteiger partial charge >= 0.3 is 5.97 Å². The zero-order valence-corrected chi connectivity index (χ0v) is 21.4.